The summed E-state index contributed by atoms with van der Waals surface area (Å²) in [5, 5.41) is 2.08. The second kappa shape index (κ2) is 3.96. The van der Waals surface area contributed by atoms with Crippen molar-refractivity contribution >= 4 is 27.3 Å². The molecule has 2 aromatic heterocycles. The van der Waals surface area contributed by atoms with Crippen LogP contribution in [0, 0.1) is 12.7 Å². The van der Waals surface area contributed by atoms with E-state index in [0.717, 1.165) is 21.7 Å². The summed E-state index contributed by atoms with van der Waals surface area (Å²) in [6, 6.07) is 4.91. The fourth-order valence-electron chi connectivity index (χ4n) is 1.98. The van der Waals surface area contributed by atoms with Gasteiger partial charge in [-0.25, -0.2) is 8.96 Å². The fraction of sp³-hybridized carbons (Fsp3) is 0.182. The van der Waals surface area contributed by atoms with Crippen LogP contribution < -0.4 is 28.5 Å². The number of benzene rings is 1. The zero-order chi connectivity index (χ0) is 10.6. The highest BCUT2D eigenvalue weighted by molar-refractivity contribution is 7.14. The summed E-state index contributed by atoms with van der Waals surface area (Å²) in [7, 11) is 2.01. The zero-order valence-electron chi connectivity index (χ0n) is 8.87. The number of rotatable bonds is 0. The lowest BCUT2D eigenvalue weighted by molar-refractivity contribution is -0.616. The molecule has 0 fully saturated rings. The lowest BCUT2D eigenvalue weighted by Gasteiger charge is -1.88. The molecule has 1 aromatic carbocycles. The number of hydrogen-bond acceptors (Lipinski definition) is 1. The van der Waals surface area contributed by atoms with Crippen LogP contribution in [0.15, 0.2) is 23.6 Å². The minimum absolute atomic E-state index is 0. The highest BCUT2D eigenvalue weighted by Crippen LogP contribution is 2.21. The molecule has 0 spiro atoms. The van der Waals surface area contributed by atoms with Crippen molar-refractivity contribution < 1.29 is 32.9 Å². The Morgan fingerprint density at radius 1 is 1.38 bits per heavy atom. The predicted molar refractivity (Wildman–Crippen MR) is 58.7 cm³/mol. The molecule has 0 aliphatic heterocycles. The van der Waals surface area contributed by atoms with Gasteiger partial charge in [-0.05, 0) is 19.1 Å². The lowest BCUT2D eigenvalue weighted by Crippen LogP contribution is -3.00. The van der Waals surface area contributed by atoms with E-state index < -0.39 is 0 Å². The number of nitrogens with zero attached hydrogens (tertiary/aromatic N) is 2. The number of thiazole rings is 1. The SMILES string of the molecule is Cc1csc2n1c1cc(F)ccc1[n+]2C.[I-]. The third-order valence-electron chi connectivity index (χ3n) is 2.71. The molecule has 2 nitrogen and oxygen atoms in total. The standard InChI is InChI=1S/C11H10FN2S.HI/c1-7-6-15-11-13(2)9-4-3-8(12)5-10(9)14(7)11;/h3-6H,1-2H3;1H/q+1;/p-1. The van der Waals surface area contributed by atoms with Crippen molar-refractivity contribution in [3.63, 3.8) is 0 Å². The summed E-state index contributed by atoms with van der Waals surface area (Å²) < 4.78 is 17.4. The van der Waals surface area contributed by atoms with Crippen LogP contribution in [0.2, 0.25) is 0 Å². The molecule has 0 atom stereocenters. The van der Waals surface area contributed by atoms with Gasteiger partial charge >= 0.3 is 4.96 Å². The van der Waals surface area contributed by atoms with E-state index in [1.165, 1.54) is 6.07 Å². The molecular weight excluding hydrogens is 338 g/mol. The number of halogens is 2. The number of hydrogen-bond donors (Lipinski definition) is 0. The molecule has 5 heteroatoms. The molecule has 0 N–H and O–H groups in total. The van der Waals surface area contributed by atoms with Gasteiger partial charge in [0.1, 0.15) is 11.5 Å². The topological polar surface area (TPSA) is 8.29 Å². The molecule has 3 rings (SSSR count). The van der Waals surface area contributed by atoms with Crippen molar-refractivity contribution in [2.45, 2.75) is 6.92 Å². The normalized spacial score (nSPS) is 10.9. The first-order valence-electron chi connectivity index (χ1n) is 4.72. The van der Waals surface area contributed by atoms with Gasteiger partial charge in [-0.2, -0.15) is 4.40 Å². The zero-order valence-corrected chi connectivity index (χ0v) is 11.8. The Labute approximate surface area is 113 Å². The lowest BCUT2D eigenvalue weighted by atomic mass is 10.3. The van der Waals surface area contributed by atoms with E-state index in [9.17, 15) is 4.39 Å². The Morgan fingerprint density at radius 2 is 2.12 bits per heavy atom. The van der Waals surface area contributed by atoms with Crippen LogP contribution in [0.5, 0.6) is 0 Å². The Kier molecular flexibility index (Phi) is 2.91. The Hall–Kier alpha value is -0.690. The largest absolute Gasteiger partial charge is 1.00 e. The monoisotopic (exact) mass is 348 g/mol. The fourth-order valence-corrected chi connectivity index (χ4v) is 2.96. The van der Waals surface area contributed by atoms with Crippen molar-refractivity contribution in [1.29, 1.82) is 0 Å². The van der Waals surface area contributed by atoms with Gasteiger partial charge in [-0.15, -0.1) is 0 Å². The quantitative estimate of drug-likeness (QED) is 0.380. The van der Waals surface area contributed by atoms with E-state index in [2.05, 4.69) is 14.3 Å². The third kappa shape index (κ3) is 1.45. The van der Waals surface area contributed by atoms with Gasteiger partial charge in [0, 0.05) is 11.4 Å². The van der Waals surface area contributed by atoms with E-state index in [-0.39, 0.29) is 29.8 Å². The van der Waals surface area contributed by atoms with Crippen LogP contribution in [0.25, 0.3) is 16.0 Å². The minimum Gasteiger partial charge on any atom is -1.00 e. The Morgan fingerprint density at radius 3 is 2.88 bits per heavy atom. The van der Waals surface area contributed by atoms with Gasteiger partial charge in [0.2, 0.25) is 0 Å². The first-order valence-corrected chi connectivity index (χ1v) is 5.60. The smallest absolute Gasteiger partial charge is 0.346 e. The highest BCUT2D eigenvalue weighted by Gasteiger charge is 2.19. The first kappa shape index (κ1) is 11.8. The van der Waals surface area contributed by atoms with Gasteiger partial charge in [-0.3, -0.25) is 0 Å². The van der Waals surface area contributed by atoms with E-state index in [4.69, 9.17) is 0 Å². The van der Waals surface area contributed by atoms with Crippen LogP contribution in [0.4, 0.5) is 4.39 Å². The molecule has 0 aliphatic carbocycles. The number of aromatic nitrogens is 2. The summed E-state index contributed by atoms with van der Waals surface area (Å²) in [5.41, 5.74) is 3.14. The Bertz CT molecular complexity index is 671. The van der Waals surface area contributed by atoms with Gasteiger partial charge in [0.25, 0.3) is 0 Å². The van der Waals surface area contributed by atoms with Gasteiger partial charge in [0.15, 0.2) is 11.0 Å². The minimum atomic E-state index is -0.187. The molecule has 0 saturated heterocycles. The molecule has 0 radical (unpaired) electrons. The van der Waals surface area contributed by atoms with Crippen molar-refractivity contribution in [3.8, 4) is 0 Å². The second-order valence-electron chi connectivity index (χ2n) is 3.69. The van der Waals surface area contributed by atoms with E-state index in [0.29, 0.717) is 0 Å². The number of fused-ring (bicyclic) bond motifs is 3. The van der Waals surface area contributed by atoms with Crippen molar-refractivity contribution in [1.82, 2.24) is 4.40 Å². The van der Waals surface area contributed by atoms with Gasteiger partial charge in [-0.1, -0.05) is 11.3 Å². The molecule has 0 bridgehead atoms. The van der Waals surface area contributed by atoms with E-state index in [1.807, 2.05) is 20.0 Å². The first-order chi connectivity index (χ1) is 7.18. The van der Waals surface area contributed by atoms with Crippen LogP contribution in [-0.2, 0) is 7.05 Å². The van der Waals surface area contributed by atoms with E-state index >= 15 is 0 Å². The average Bonchev–Trinajstić information content (AvgIpc) is 2.70. The molecule has 0 unspecified atom stereocenters. The molecule has 84 valence electrons. The third-order valence-corrected chi connectivity index (χ3v) is 3.83. The summed E-state index contributed by atoms with van der Waals surface area (Å²) in [4.78, 5) is 1.13. The summed E-state index contributed by atoms with van der Waals surface area (Å²) in [5.74, 6) is -0.187. The van der Waals surface area contributed by atoms with E-state index in [1.54, 1.807) is 17.4 Å². The van der Waals surface area contributed by atoms with Crippen LogP contribution in [0.3, 0.4) is 0 Å². The molecule has 3 aromatic rings. The summed E-state index contributed by atoms with van der Waals surface area (Å²) >= 11 is 1.68. The molecular formula is C11H10FIN2S. The second-order valence-corrected chi connectivity index (χ2v) is 4.52. The summed E-state index contributed by atoms with van der Waals surface area (Å²) in [6.45, 7) is 2.04. The van der Waals surface area contributed by atoms with Crippen molar-refractivity contribution in [3.05, 3.63) is 35.1 Å². The maximum Gasteiger partial charge on any atom is 0.346 e. The highest BCUT2D eigenvalue weighted by atomic mass is 127. The predicted octanol–water partition coefficient (Wildman–Crippen LogP) is -0.570. The van der Waals surface area contributed by atoms with Crippen LogP contribution in [0.1, 0.15) is 5.69 Å². The average molecular weight is 348 g/mol. The van der Waals surface area contributed by atoms with Gasteiger partial charge < -0.3 is 24.0 Å². The molecule has 0 saturated carbocycles. The number of aryl methyl sites for hydroxylation is 2. The molecule has 0 aliphatic rings. The summed E-state index contributed by atoms with van der Waals surface area (Å²) in [6.07, 6.45) is 0. The van der Waals surface area contributed by atoms with Crippen molar-refractivity contribution in [2.24, 2.45) is 7.05 Å². The molecule has 0 amide bonds. The van der Waals surface area contributed by atoms with Gasteiger partial charge in [0.05, 0.1) is 7.05 Å². The maximum atomic E-state index is 13.2. The maximum absolute atomic E-state index is 13.2. The van der Waals surface area contributed by atoms with Crippen LogP contribution in [-0.4, -0.2) is 4.40 Å². The molecule has 16 heavy (non-hydrogen) atoms. The van der Waals surface area contributed by atoms with Crippen molar-refractivity contribution in [2.75, 3.05) is 0 Å². The Balaban J connectivity index is 0.000000963. The molecule has 2 heterocycles. The van der Waals surface area contributed by atoms with Crippen LogP contribution >= 0.6 is 11.3 Å². The number of imidazole rings is 1.